The van der Waals surface area contributed by atoms with Crippen molar-refractivity contribution in [1.82, 2.24) is 0 Å². The lowest BCUT2D eigenvalue weighted by atomic mass is 10.4. The molecule has 0 unspecified atom stereocenters. The van der Waals surface area contributed by atoms with Crippen molar-refractivity contribution in [3.05, 3.63) is 60.7 Å². The summed E-state index contributed by atoms with van der Waals surface area (Å²) in [6, 6.07) is 22.6. The minimum absolute atomic E-state index is 0.358. The molecule has 2 aromatic carbocycles. The summed E-state index contributed by atoms with van der Waals surface area (Å²) in [7, 11) is -4.46. The van der Waals surface area contributed by atoms with Gasteiger partial charge in [0, 0.05) is 0 Å². The zero-order chi connectivity index (χ0) is 15.7. The maximum Gasteiger partial charge on any atom is 0.303 e. The van der Waals surface area contributed by atoms with Crippen LogP contribution in [0.25, 0.3) is 0 Å². The molecule has 1 fully saturated rings. The van der Waals surface area contributed by atoms with E-state index < -0.39 is 39.3 Å². The molecule has 0 radical (unpaired) electrons. The highest BCUT2D eigenvalue weighted by atomic mass is 31.1. The Morgan fingerprint density at radius 3 is 1.78 bits per heavy atom. The Hall–Kier alpha value is -0.422. The lowest BCUT2D eigenvalue weighted by Gasteiger charge is -2.23. The molecule has 0 saturated carbocycles. The van der Waals surface area contributed by atoms with Crippen molar-refractivity contribution in [3.63, 3.8) is 0 Å². The van der Waals surface area contributed by atoms with Gasteiger partial charge in [-0.3, -0.25) is 0 Å². The van der Waals surface area contributed by atoms with Crippen LogP contribution in [0, 0.1) is 0 Å². The third-order valence-corrected chi connectivity index (χ3v) is 14.1. The number of benzene rings is 2. The summed E-state index contributed by atoms with van der Waals surface area (Å²) in [4.78, 5) is 0. The van der Waals surface area contributed by atoms with Crippen molar-refractivity contribution in [1.29, 1.82) is 0 Å². The monoisotopic (exact) mass is 396 g/mol. The highest BCUT2D eigenvalue weighted by Gasteiger charge is 2.20. The van der Waals surface area contributed by atoms with E-state index in [0.717, 1.165) is 12.2 Å². The van der Waals surface area contributed by atoms with Crippen LogP contribution in [0.2, 0.25) is 6.04 Å². The van der Waals surface area contributed by atoms with Gasteiger partial charge in [-0.05, 0) is 30.7 Å². The fraction of sp³-hybridized carbons (Fsp3) is 0.143. The molecule has 9 heteroatoms. The molecule has 0 amide bonds. The van der Waals surface area contributed by atoms with Crippen molar-refractivity contribution < 1.29 is 16.5 Å². The predicted molar refractivity (Wildman–Crippen MR) is 106 cm³/mol. The molecular weight excluding hydrogens is 375 g/mol. The van der Waals surface area contributed by atoms with E-state index in [0.29, 0.717) is 0 Å². The zero-order valence-corrected chi connectivity index (χ0v) is 19.3. The fourth-order valence-corrected chi connectivity index (χ4v) is 14.6. The Balaban J connectivity index is 1.69. The maximum atomic E-state index is 5.94. The molecular formula is C14H21O4PSi4. The molecule has 0 spiro atoms. The first kappa shape index (κ1) is 17.4. The van der Waals surface area contributed by atoms with E-state index in [2.05, 4.69) is 60.7 Å². The fourth-order valence-electron chi connectivity index (χ4n) is 2.45. The van der Waals surface area contributed by atoms with E-state index in [1.165, 1.54) is 10.6 Å². The van der Waals surface area contributed by atoms with Gasteiger partial charge in [0.25, 0.3) is 30.0 Å². The smallest absolute Gasteiger partial charge is 0.303 e. The number of hydrogen-bond donors (Lipinski definition) is 0. The first-order chi connectivity index (χ1) is 11.4. The van der Waals surface area contributed by atoms with Gasteiger partial charge < -0.3 is 16.5 Å². The summed E-state index contributed by atoms with van der Waals surface area (Å²) >= 11 is 0. The van der Waals surface area contributed by atoms with Crippen molar-refractivity contribution in [3.8, 4) is 0 Å². The molecule has 0 aliphatic carbocycles. The summed E-state index contributed by atoms with van der Waals surface area (Å²) < 4.78 is 22.9. The second-order valence-corrected chi connectivity index (χ2v) is 15.5. The van der Waals surface area contributed by atoms with Gasteiger partial charge in [-0.25, -0.2) is 0 Å². The molecule has 2 aromatic rings. The van der Waals surface area contributed by atoms with Crippen LogP contribution in [0.3, 0.4) is 0 Å². The third-order valence-electron chi connectivity index (χ3n) is 3.57. The van der Waals surface area contributed by atoms with Crippen LogP contribution in [0.4, 0.5) is 0 Å². The van der Waals surface area contributed by atoms with E-state index in [1.807, 2.05) is 0 Å². The summed E-state index contributed by atoms with van der Waals surface area (Å²) in [6.07, 6.45) is 1.11. The SMILES string of the molecule is c1ccc(P(CC[SiH]2O[SiH2]O[SiH2]O[SiH2]O2)c2ccccc2)cc1. The third kappa shape index (κ3) is 5.56. The molecule has 0 bridgehead atoms. The van der Waals surface area contributed by atoms with Gasteiger partial charge >= 0.3 is 9.28 Å². The Morgan fingerprint density at radius 2 is 1.26 bits per heavy atom. The van der Waals surface area contributed by atoms with Gasteiger partial charge in [0.1, 0.15) is 0 Å². The molecule has 1 aliphatic heterocycles. The molecule has 0 N–H and O–H groups in total. The molecule has 4 nitrogen and oxygen atoms in total. The second kappa shape index (κ2) is 9.77. The molecule has 0 atom stereocenters. The second-order valence-electron chi connectivity index (χ2n) is 5.14. The normalized spacial score (nSPS) is 22.4. The van der Waals surface area contributed by atoms with Crippen LogP contribution in [0.1, 0.15) is 0 Å². The number of hydrogen-bond acceptors (Lipinski definition) is 4. The largest absolute Gasteiger partial charge is 0.425 e. The predicted octanol–water partition coefficient (Wildman–Crippen LogP) is -0.584. The van der Waals surface area contributed by atoms with E-state index >= 15 is 0 Å². The van der Waals surface area contributed by atoms with E-state index in [4.69, 9.17) is 16.5 Å². The minimum atomic E-state index is -1.59. The summed E-state index contributed by atoms with van der Waals surface area (Å²) in [5.74, 6) is 0. The van der Waals surface area contributed by atoms with Crippen LogP contribution in [-0.2, 0) is 16.5 Å². The van der Waals surface area contributed by atoms with Gasteiger partial charge in [-0.15, -0.1) is 0 Å². The van der Waals surface area contributed by atoms with Crippen LogP contribution in [0.5, 0.6) is 0 Å². The van der Waals surface area contributed by atoms with Gasteiger partial charge in [0.15, 0.2) is 0 Å². The van der Waals surface area contributed by atoms with Gasteiger partial charge in [0.2, 0.25) is 0 Å². The molecule has 3 rings (SSSR count). The molecule has 23 heavy (non-hydrogen) atoms. The maximum absolute atomic E-state index is 5.94. The zero-order valence-electron chi connectivity index (χ0n) is 13.0. The summed E-state index contributed by atoms with van der Waals surface area (Å²) in [5, 5.41) is 2.84. The molecule has 0 aromatic heterocycles. The Labute approximate surface area is 147 Å². The first-order valence-electron chi connectivity index (χ1n) is 7.70. The van der Waals surface area contributed by atoms with Crippen LogP contribution in [0.15, 0.2) is 60.7 Å². The van der Waals surface area contributed by atoms with Gasteiger partial charge in [0.05, 0.1) is 0 Å². The van der Waals surface area contributed by atoms with Crippen molar-refractivity contribution in [2.24, 2.45) is 0 Å². The summed E-state index contributed by atoms with van der Waals surface area (Å²) in [5.41, 5.74) is 0. The average Bonchev–Trinajstić information content (AvgIpc) is 2.58. The lowest BCUT2D eigenvalue weighted by Crippen LogP contribution is -2.34. The molecule has 1 saturated heterocycles. The molecule has 1 heterocycles. The highest BCUT2D eigenvalue weighted by molar-refractivity contribution is 7.73. The van der Waals surface area contributed by atoms with E-state index in [-0.39, 0.29) is 7.92 Å². The Kier molecular flexibility index (Phi) is 7.39. The first-order valence-corrected chi connectivity index (χ1v) is 14.4. The topological polar surface area (TPSA) is 36.9 Å². The number of rotatable bonds is 5. The average molecular weight is 397 g/mol. The van der Waals surface area contributed by atoms with Crippen molar-refractivity contribution >= 4 is 57.8 Å². The van der Waals surface area contributed by atoms with Crippen LogP contribution >= 0.6 is 7.92 Å². The van der Waals surface area contributed by atoms with Gasteiger partial charge in [-0.2, -0.15) is 0 Å². The Bertz CT molecular complexity index is 530. The lowest BCUT2D eigenvalue weighted by molar-refractivity contribution is 0.329. The minimum Gasteiger partial charge on any atom is -0.425 e. The Morgan fingerprint density at radius 1 is 0.739 bits per heavy atom. The van der Waals surface area contributed by atoms with Crippen LogP contribution < -0.4 is 10.6 Å². The van der Waals surface area contributed by atoms with Crippen molar-refractivity contribution in [2.45, 2.75) is 6.04 Å². The van der Waals surface area contributed by atoms with Crippen LogP contribution in [-0.4, -0.2) is 45.5 Å². The van der Waals surface area contributed by atoms with E-state index in [9.17, 15) is 0 Å². The van der Waals surface area contributed by atoms with Gasteiger partial charge in [-0.1, -0.05) is 60.7 Å². The quantitative estimate of drug-likeness (QED) is 0.500. The van der Waals surface area contributed by atoms with E-state index in [1.54, 1.807) is 0 Å². The molecule has 1 aliphatic rings. The molecule has 122 valence electrons. The van der Waals surface area contributed by atoms with Crippen molar-refractivity contribution in [2.75, 3.05) is 6.16 Å². The summed E-state index contributed by atoms with van der Waals surface area (Å²) in [6.45, 7) is 0. The highest BCUT2D eigenvalue weighted by Crippen LogP contribution is 2.34. The standard InChI is InChI=1S/C14H21O4PSi4/c1-3-7-13(8-4-1)19(14-9-5-2-6-10-14)11-12-23-17-21-15-20-16-22-18-23/h1-10,23H,11-12,20-22H2.